The smallest absolute Gasteiger partial charge is 0.224 e. The van der Waals surface area contributed by atoms with Crippen molar-refractivity contribution in [3.05, 3.63) is 0 Å². The zero-order valence-electron chi connectivity index (χ0n) is 14.7. The van der Waals surface area contributed by atoms with Gasteiger partial charge in [-0.25, -0.2) is 0 Å². The number of methoxy groups -OCH3 is 1. The number of aliphatic hydroxyl groups is 3. The first kappa shape index (κ1) is 20.3. The van der Waals surface area contributed by atoms with Crippen LogP contribution in [0.1, 0.15) is 6.42 Å². The van der Waals surface area contributed by atoms with Gasteiger partial charge in [0, 0.05) is 32.8 Å². The van der Waals surface area contributed by atoms with Gasteiger partial charge in [0.15, 0.2) is 11.6 Å². The van der Waals surface area contributed by atoms with Crippen LogP contribution in [-0.4, -0.2) is 89.8 Å². The minimum Gasteiger partial charge on any atom is -0.394 e. The average Bonchev–Trinajstić information content (AvgIpc) is 2.64. The first-order chi connectivity index (χ1) is 12.5. The lowest BCUT2D eigenvalue weighted by Gasteiger charge is -2.28. The Bertz CT molecular complexity index is 606. The topological polar surface area (TPSA) is 173 Å². The van der Waals surface area contributed by atoms with Crippen molar-refractivity contribution in [3.63, 3.8) is 0 Å². The van der Waals surface area contributed by atoms with Crippen LogP contribution in [0.4, 0.5) is 23.3 Å². The van der Waals surface area contributed by atoms with Gasteiger partial charge in [-0.1, -0.05) is 0 Å². The summed E-state index contributed by atoms with van der Waals surface area (Å²) in [5, 5.41) is 29.1. The lowest BCUT2D eigenvalue weighted by Crippen LogP contribution is -2.40. The monoisotopic (exact) mass is 370 g/mol. The predicted octanol–water partition coefficient (Wildman–Crippen LogP) is -1.70. The fraction of sp³-hybridized carbons (Fsp3) is 0.667. The second kappa shape index (κ2) is 9.59. The number of rotatable bonds is 8. The van der Waals surface area contributed by atoms with Crippen molar-refractivity contribution in [3.8, 4) is 0 Å². The van der Waals surface area contributed by atoms with E-state index in [1.165, 1.54) is 13.3 Å². The highest BCUT2D eigenvalue weighted by Crippen LogP contribution is 2.32. The number of aromatic nitrogens is 2. The maximum Gasteiger partial charge on any atom is 0.224 e. The van der Waals surface area contributed by atoms with Crippen molar-refractivity contribution in [2.24, 2.45) is 4.99 Å². The third-order valence-corrected chi connectivity index (χ3v) is 4.05. The van der Waals surface area contributed by atoms with Crippen LogP contribution < -0.4 is 16.4 Å². The van der Waals surface area contributed by atoms with Gasteiger partial charge in [-0.2, -0.15) is 9.97 Å². The van der Waals surface area contributed by atoms with E-state index < -0.39 is 24.9 Å². The van der Waals surface area contributed by atoms with Gasteiger partial charge >= 0.3 is 0 Å². The van der Waals surface area contributed by atoms with Crippen molar-refractivity contribution >= 4 is 29.5 Å². The summed E-state index contributed by atoms with van der Waals surface area (Å²) in [5.74, 6) is 0.661. The van der Waals surface area contributed by atoms with Crippen LogP contribution in [0, 0.1) is 0 Å². The van der Waals surface area contributed by atoms with Crippen LogP contribution in [0.15, 0.2) is 4.99 Å². The van der Waals surface area contributed by atoms with E-state index in [1.54, 1.807) is 0 Å². The van der Waals surface area contributed by atoms with Gasteiger partial charge in [0.25, 0.3) is 0 Å². The number of aliphatic imine (C=N–C) groups is 1. The Balaban J connectivity index is 2.13. The van der Waals surface area contributed by atoms with Gasteiger partial charge in [0.05, 0.1) is 25.9 Å². The van der Waals surface area contributed by atoms with Crippen LogP contribution in [0.5, 0.6) is 0 Å². The minimum atomic E-state index is -1.25. The molecule has 26 heavy (non-hydrogen) atoms. The first-order valence-corrected chi connectivity index (χ1v) is 8.25. The van der Waals surface area contributed by atoms with Crippen molar-refractivity contribution in [1.29, 1.82) is 0 Å². The Kier molecular flexibility index (Phi) is 7.48. The number of nitrogen functional groups attached to an aromatic ring is 2. The van der Waals surface area contributed by atoms with Crippen molar-refractivity contribution in [2.45, 2.75) is 24.7 Å². The largest absolute Gasteiger partial charge is 0.394 e. The van der Waals surface area contributed by atoms with E-state index in [0.29, 0.717) is 37.8 Å². The number of nitrogens with zero attached hydrogens (tertiary/aromatic N) is 4. The molecule has 0 aromatic carbocycles. The Morgan fingerprint density at radius 3 is 2.62 bits per heavy atom. The third-order valence-electron chi connectivity index (χ3n) is 4.05. The molecule has 0 radical (unpaired) electrons. The highest BCUT2D eigenvalue weighted by atomic mass is 16.5. The summed E-state index contributed by atoms with van der Waals surface area (Å²) in [4.78, 5) is 14.4. The maximum atomic E-state index is 10.0. The fourth-order valence-corrected chi connectivity index (χ4v) is 2.56. The van der Waals surface area contributed by atoms with Crippen LogP contribution in [0.2, 0.25) is 0 Å². The molecule has 1 aromatic heterocycles. The highest BCUT2D eigenvalue weighted by Gasteiger charge is 2.25. The van der Waals surface area contributed by atoms with Crippen LogP contribution in [0.3, 0.4) is 0 Å². The van der Waals surface area contributed by atoms with Gasteiger partial charge in [0.1, 0.15) is 17.9 Å². The molecule has 1 saturated heterocycles. The summed E-state index contributed by atoms with van der Waals surface area (Å²) >= 11 is 0. The number of aliphatic hydroxyl groups excluding tert-OH is 3. The normalized spacial score (nSPS) is 18.8. The zero-order valence-corrected chi connectivity index (χ0v) is 14.7. The molecule has 1 aliphatic rings. The maximum absolute atomic E-state index is 10.0. The number of anilines is 3. The quantitative estimate of drug-likeness (QED) is 0.332. The molecule has 11 nitrogen and oxygen atoms in total. The summed E-state index contributed by atoms with van der Waals surface area (Å²) in [5.41, 5.74) is 12.0. The first-order valence-electron chi connectivity index (χ1n) is 8.25. The molecule has 1 aliphatic heterocycles. The van der Waals surface area contributed by atoms with Gasteiger partial charge in [-0.3, -0.25) is 4.99 Å². The molecule has 146 valence electrons. The van der Waals surface area contributed by atoms with Crippen molar-refractivity contribution in [2.75, 3.05) is 56.4 Å². The standard InChI is InChI=1S/C15H26N6O5/c1-25-10(8-22)12(24)9(23)2-3-18-11-13(16)19-15(17)20-14(11)21-4-6-26-7-5-21/h3,9-10,12,22-24H,2,4-8H2,1H3,(H4,16,17,19,20). The average molecular weight is 370 g/mol. The molecule has 0 aliphatic carbocycles. The van der Waals surface area contributed by atoms with E-state index in [4.69, 9.17) is 26.0 Å². The Hall–Kier alpha value is -2.05. The zero-order chi connectivity index (χ0) is 19.1. The predicted molar refractivity (Wildman–Crippen MR) is 96.6 cm³/mol. The van der Waals surface area contributed by atoms with Crippen LogP contribution in [-0.2, 0) is 9.47 Å². The minimum absolute atomic E-state index is 0.0212. The van der Waals surface area contributed by atoms with Crippen LogP contribution in [0.25, 0.3) is 0 Å². The number of hydrogen-bond acceptors (Lipinski definition) is 11. The SMILES string of the molecule is COC(CO)C(O)C(O)CC=Nc1c(N)nc(N)nc1N1CCOCC1. The summed E-state index contributed by atoms with van der Waals surface area (Å²) in [7, 11) is 1.34. The summed E-state index contributed by atoms with van der Waals surface area (Å²) in [6.45, 7) is 1.93. The van der Waals surface area contributed by atoms with Crippen LogP contribution >= 0.6 is 0 Å². The Labute approximate surface area is 151 Å². The van der Waals surface area contributed by atoms with E-state index in [-0.39, 0.29) is 18.2 Å². The molecule has 0 saturated carbocycles. The lowest BCUT2D eigenvalue weighted by molar-refractivity contribution is -0.0898. The molecule has 7 N–H and O–H groups in total. The number of ether oxygens (including phenoxy) is 2. The summed E-state index contributed by atoms with van der Waals surface area (Å²) < 4.78 is 10.2. The number of morpholine rings is 1. The van der Waals surface area contributed by atoms with Gasteiger partial charge < -0.3 is 41.2 Å². The molecule has 1 fully saturated rings. The molecule has 2 heterocycles. The highest BCUT2D eigenvalue weighted by molar-refractivity contribution is 5.79. The molecule has 2 rings (SSSR count). The molecule has 0 bridgehead atoms. The van der Waals surface area contributed by atoms with Crippen molar-refractivity contribution < 1.29 is 24.8 Å². The molecule has 0 spiro atoms. The van der Waals surface area contributed by atoms with Gasteiger partial charge in [-0.05, 0) is 0 Å². The molecule has 11 heteroatoms. The summed E-state index contributed by atoms with van der Waals surface area (Å²) in [6, 6.07) is 0. The second-order valence-electron chi connectivity index (χ2n) is 5.80. The molecule has 3 unspecified atom stereocenters. The molecule has 1 aromatic rings. The van der Waals surface area contributed by atoms with E-state index in [2.05, 4.69) is 15.0 Å². The molecular weight excluding hydrogens is 344 g/mol. The van der Waals surface area contributed by atoms with E-state index in [0.717, 1.165) is 0 Å². The van der Waals surface area contributed by atoms with E-state index >= 15 is 0 Å². The molecule has 0 amide bonds. The van der Waals surface area contributed by atoms with Crippen molar-refractivity contribution in [1.82, 2.24) is 9.97 Å². The molecule has 3 atom stereocenters. The number of nitrogens with two attached hydrogens (primary N) is 2. The number of hydrogen-bond donors (Lipinski definition) is 5. The van der Waals surface area contributed by atoms with Gasteiger partial charge in [0.2, 0.25) is 5.95 Å². The Morgan fingerprint density at radius 2 is 2.00 bits per heavy atom. The Morgan fingerprint density at radius 1 is 1.31 bits per heavy atom. The van der Waals surface area contributed by atoms with E-state index in [1.807, 2.05) is 4.90 Å². The third kappa shape index (κ3) is 4.99. The summed E-state index contributed by atoms with van der Waals surface area (Å²) in [6.07, 6.45) is -1.87. The fourth-order valence-electron chi connectivity index (χ4n) is 2.56. The van der Waals surface area contributed by atoms with E-state index in [9.17, 15) is 10.2 Å². The lowest BCUT2D eigenvalue weighted by atomic mass is 10.1. The second-order valence-corrected chi connectivity index (χ2v) is 5.80. The molecular formula is C15H26N6O5. The van der Waals surface area contributed by atoms with Gasteiger partial charge in [-0.15, -0.1) is 0 Å².